The maximum Gasteiger partial charge on any atom is 0.460 e. The summed E-state index contributed by atoms with van der Waals surface area (Å²) < 4.78 is 90.8. The number of aryl methyl sites for hydroxylation is 1. The molecule has 0 aliphatic carbocycles. The molecule has 0 bridgehead atoms. The molecule has 0 N–H and O–H groups in total. The zero-order valence-electron chi connectivity index (χ0n) is 11.7. The van der Waals surface area contributed by atoms with Crippen LogP contribution in [-0.4, -0.2) is 28.9 Å². The smallest absolute Gasteiger partial charge is 0.456 e. The number of hydrogen-bond acceptors (Lipinski definition) is 4. The highest BCUT2D eigenvalue weighted by Crippen LogP contribution is 2.47. The third-order valence-electron chi connectivity index (χ3n) is 2.85. The van der Waals surface area contributed by atoms with E-state index in [4.69, 9.17) is 0 Å². The van der Waals surface area contributed by atoms with Crippen LogP contribution in [0.4, 0.5) is 36.4 Å². The van der Waals surface area contributed by atoms with Crippen molar-refractivity contribution < 1.29 is 45.2 Å². The van der Waals surface area contributed by atoms with E-state index in [1.165, 1.54) is 6.92 Å². The Bertz CT molecular complexity index is 657. The summed E-state index contributed by atoms with van der Waals surface area (Å²) in [6, 6.07) is 3.06. The number of nitrogens with zero attached hydrogens (tertiary/aromatic N) is 1. The molecule has 1 aromatic rings. The summed E-state index contributed by atoms with van der Waals surface area (Å²) in [4.78, 5) is 20.8. The summed E-state index contributed by atoms with van der Waals surface area (Å²) in [6.45, 7) is 0.190. The fraction of sp³-hybridized carbons (Fsp3) is 0.417. The van der Waals surface area contributed by atoms with Crippen LogP contribution in [0.2, 0.25) is 0 Å². The number of benzene rings is 1. The molecule has 0 aromatic heterocycles. The Morgan fingerprint density at radius 3 is 2.17 bits per heavy atom. The molecule has 0 aliphatic heterocycles. The van der Waals surface area contributed by atoms with E-state index in [2.05, 4.69) is 4.74 Å². The molecule has 0 atom stereocenters. The predicted molar refractivity (Wildman–Crippen MR) is 63.6 cm³/mol. The number of hydrogen-bond donors (Lipinski definition) is 0. The zero-order valence-corrected chi connectivity index (χ0v) is 11.7. The van der Waals surface area contributed by atoms with Crippen molar-refractivity contribution in [3.63, 3.8) is 0 Å². The molecule has 0 saturated heterocycles. The highest BCUT2D eigenvalue weighted by Gasteiger charge is 2.77. The average Bonchev–Trinajstić information content (AvgIpc) is 2.44. The van der Waals surface area contributed by atoms with Crippen LogP contribution in [0.3, 0.4) is 0 Å². The number of esters is 1. The molecular formula is C12H8F7NO4. The predicted octanol–water partition coefficient (Wildman–Crippen LogP) is 3.78. The second-order valence-electron chi connectivity index (χ2n) is 4.60. The molecule has 24 heavy (non-hydrogen) atoms. The maximum atomic E-state index is 13.0. The molecule has 0 heterocycles. The number of nitro benzene ring substituents is 1. The van der Waals surface area contributed by atoms with Crippen molar-refractivity contribution in [1.82, 2.24) is 0 Å². The van der Waals surface area contributed by atoms with E-state index in [0.717, 1.165) is 18.2 Å². The monoisotopic (exact) mass is 363 g/mol. The lowest BCUT2D eigenvalue weighted by atomic mass is 10.1. The Morgan fingerprint density at radius 2 is 1.71 bits per heavy atom. The van der Waals surface area contributed by atoms with E-state index < -0.39 is 41.2 Å². The molecule has 0 aliphatic rings. The van der Waals surface area contributed by atoms with Gasteiger partial charge in [0, 0.05) is 11.6 Å². The Morgan fingerprint density at radius 1 is 1.17 bits per heavy atom. The van der Waals surface area contributed by atoms with Crippen LogP contribution in [0.25, 0.3) is 0 Å². The van der Waals surface area contributed by atoms with Gasteiger partial charge in [-0.25, -0.2) is 4.79 Å². The normalized spacial score (nSPS) is 12.8. The number of carbonyl (C=O) groups is 1. The molecule has 134 valence electrons. The first-order valence-electron chi connectivity index (χ1n) is 5.95. The minimum Gasteiger partial charge on any atom is -0.456 e. The van der Waals surface area contributed by atoms with Gasteiger partial charge in [-0.05, 0) is 12.5 Å². The van der Waals surface area contributed by atoms with Crippen molar-refractivity contribution in [2.24, 2.45) is 0 Å². The highest BCUT2D eigenvalue weighted by atomic mass is 19.4. The van der Waals surface area contributed by atoms with Crippen molar-refractivity contribution in [2.75, 3.05) is 0 Å². The first kappa shape index (κ1) is 19.6. The van der Waals surface area contributed by atoms with E-state index in [1.807, 2.05) is 0 Å². The lowest BCUT2D eigenvalue weighted by Crippen LogP contribution is -2.56. The van der Waals surface area contributed by atoms with E-state index in [9.17, 15) is 45.6 Å². The summed E-state index contributed by atoms with van der Waals surface area (Å²) >= 11 is 0. The lowest BCUT2D eigenvalue weighted by molar-refractivity contribution is -0.385. The number of halogens is 7. The Labute approximate surface area is 129 Å². The van der Waals surface area contributed by atoms with Gasteiger partial charge in [-0.3, -0.25) is 10.1 Å². The van der Waals surface area contributed by atoms with Gasteiger partial charge in [0.1, 0.15) is 6.61 Å². The SMILES string of the molecule is Cc1ccc(COC(=O)C(F)(F)C(F)(F)C(F)(F)F)cc1[N+](=O)[O-]. The summed E-state index contributed by atoms with van der Waals surface area (Å²) in [5.74, 6) is -15.9. The maximum absolute atomic E-state index is 13.0. The molecule has 5 nitrogen and oxygen atoms in total. The van der Waals surface area contributed by atoms with Crippen LogP contribution in [0.15, 0.2) is 18.2 Å². The van der Waals surface area contributed by atoms with Gasteiger partial charge >= 0.3 is 24.0 Å². The van der Waals surface area contributed by atoms with Gasteiger partial charge in [0.15, 0.2) is 0 Å². The van der Waals surface area contributed by atoms with Crippen LogP contribution in [0.1, 0.15) is 11.1 Å². The van der Waals surface area contributed by atoms with Crippen LogP contribution < -0.4 is 0 Å². The van der Waals surface area contributed by atoms with Crippen LogP contribution >= 0.6 is 0 Å². The van der Waals surface area contributed by atoms with Crippen LogP contribution in [0.5, 0.6) is 0 Å². The number of nitro groups is 1. The lowest BCUT2D eigenvalue weighted by Gasteiger charge is -2.26. The number of alkyl halides is 7. The van der Waals surface area contributed by atoms with Gasteiger partial charge < -0.3 is 4.74 Å². The van der Waals surface area contributed by atoms with E-state index in [1.54, 1.807) is 0 Å². The van der Waals surface area contributed by atoms with Crippen molar-refractivity contribution in [1.29, 1.82) is 0 Å². The fourth-order valence-corrected chi connectivity index (χ4v) is 1.49. The molecule has 1 rings (SSSR count). The molecule has 0 fully saturated rings. The Kier molecular flexibility index (Phi) is 5.11. The van der Waals surface area contributed by atoms with Crippen LogP contribution in [0, 0.1) is 17.0 Å². The summed E-state index contributed by atoms with van der Waals surface area (Å²) in [5.41, 5.74) is -0.549. The number of carbonyl (C=O) groups excluding carboxylic acids is 1. The largest absolute Gasteiger partial charge is 0.460 e. The van der Waals surface area contributed by atoms with Crippen molar-refractivity contribution >= 4 is 11.7 Å². The number of ether oxygens (including phenoxy) is 1. The van der Waals surface area contributed by atoms with Crippen molar-refractivity contribution in [3.8, 4) is 0 Å². The standard InChI is InChI=1S/C12H8F7NO4/c1-6-2-3-7(4-8(6)20(22)23)5-24-9(21)10(13,14)11(15,16)12(17,18)19/h2-4H,5H2,1H3. The van der Waals surface area contributed by atoms with Crippen LogP contribution in [-0.2, 0) is 16.1 Å². The molecule has 12 heteroatoms. The van der Waals surface area contributed by atoms with Gasteiger partial charge in [-0.15, -0.1) is 0 Å². The second kappa shape index (κ2) is 6.24. The Balaban J connectivity index is 2.94. The second-order valence-corrected chi connectivity index (χ2v) is 4.60. The van der Waals surface area contributed by atoms with Gasteiger partial charge in [0.05, 0.1) is 4.92 Å². The Hall–Kier alpha value is -2.40. The number of rotatable bonds is 5. The minimum atomic E-state index is -6.67. The molecule has 0 saturated carbocycles. The third kappa shape index (κ3) is 3.57. The molecule has 0 amide bonds. The van der Waals surface area contributed by atoms with Gasteiger partial charge in [-0.2, -0.15) is 30.7 Å². The average molecular weight is 363 g/mol. The molecule has 0 spiro atoms. The zero-order chi connectivity index (χ0) is 18.9. The van der Waals surface area contributed by atoms with Gasteiger partial charge in [0.25, 0.3) is 5.69 Å². The quantitative estimate of drug-likeness (QED) is 0.346. The van der Waals surface area contributed by atoms with Gasteiger partial charge in [0.2, 0.25) is 0 Å². The molecular weight excluding hydrogens is 355 g/mol. The highest BCUT2D eigenvalue weighted by molar-refractivity contribution is 5.79. The fourth-order valence-electron chi connectivity index (χ4n) is 1.49. The van der Waals surface area contributed by atoms with Crippen molar-refractivity contribution in [2.45, 2.75) is 31.6 Å². The van der Waals surface area contributed by atoms with E-state index in [-0.39, 0.29) is 11.1 Å². The topological polar surface area (TPSA) is 69.4 Å². The summed E-state index contributed by atoms with van der Waals surface area (Å²) in [5, 5.41) is 10.7. The van der Waals surface area contributed by atoms with E-state index in [0.29, 0.717) is 0 Å². The minimum absolute atomic E-state index is 0.170. The third-order valence-corrected chi connectivity index (χ3v) is 2.85. The summed E-state index contributed by atoms with van der Waals surface area (Å²) in [7, 11) is 0. The molecule has 1 aromatic carbocycles. The first-order chi connectivity index (χ1) is 10.7. The molecule has 0 unspecified atom stereocenters. The van der Waals surface area contributed by atoms with Crippen molar-refractivity contribution in [3.05, 3.63) is 39.4 Å². The molecule has 0 radical (unpaired) electrons. The van der Waals surface area contributed by atoms with Gasteiger partial charge in [-0.1, -0.05) is 12.1 Å². The van der Waals surface area contributed by atoms with E-state index >= 15 is 0 Å². The first-order valence-corrected chi connectivity index (χ1v) is 5.95. The summed E-state index contributed by atoms with van der Waals surface area (Å²) in [6.07, 6.45) is -6.67.